The average molecular weight is 574 g/mol. The number of fused-ring (bicyclic) bond motifs is 1. The molecule has 1 fully saturated rings. The molecule has 1 saturated heterocycles. The first-order valence-electron chi connectivity index (χ1n) is 14.0. The minimum atomic E-state index is -0.864. The van der Waals surface area contributed by atoms with E-state index in [0.29, 0.717) is 12.0 Å². The largest absolute Gasteiger partial charge is 0.380 e. The summed E-state index contributed by atoms with van der Waals surface area (Å²) in [5.74, 6) is 0.702. The summed E-state index contributed by atoms with van der Waals surface area (Å²) in [5.41, 5.74) is 6.40. The Bertz CT molecular complexity index is 1220. The molecule has 2 aliphatic rings. The fourth-order valence-electron chi connectivity index (χ4n) is 4.71. The first kappa shape index (κ1) is 33.3. The minimum absolute atomic E-state index is 0. The third-order valence-electron chi connectivity index (χ3n) is 6.76. The summed E-state index contributed by atoms with van der Waals surface area (Å²) in [6, 6.07) is 4.44. The Labute approximate surface area is 244 Å². The van der Waals surface area contributed by atoms with Gasteiger partial charge in [0.05, 0.1) is 16.6 Å². The molecule has 2 aromatic heterocycles. The van der Waals surface area contributed by atoms with Crippen molar-refractivity contribution in [3.63, 3.8) is 0 Å². The molecule has 2 aromatic rings. The molecule has 1 amide bonds. The fraction of sp³-hybridized carbons (Fsp3) is 0.621. The number of nitrogens with one attached hydrogen (secondary N) is 1. The van der Waals surface area contributed by atoms with Crippen molar-refractivity contribution in [1.82, 2.24) is 15.3 Å². The number of amidine groups is 1. The van der Waals surface area contributed by atoms with Crippen molar-refractivity contribution in [3.8, 4) is 6.07 Å². The van der Waals surface area contributed by atoms with E-state index in [2.05, 4.69) is 43.1 Å². The van der Waals surface area contributed by atoms with E-state index in [9.17, 15) is 10.1 Å². The second kappa shape index (κ2) is 14.6. The van der Waals surface area contributed by atoms with Gasteiger partial charge in [-0.05, 0) is 85.4 Å². The highest BCUT2D eigenvalue weighted by Gasteiger charge is 2.43. The topological polar surface area (TPSA) is 150 Å². The van der Waals surface area contributed by atoms with Gasteiger partial charge in [-0.15, -0.1) is 11.3 Å². The summed E-state index contributed by atoms with van der Waals surface area (Å²) in [5, 5.41) is 21.0. The zero-order valence-electron chi connectivity index (χ0n) is 25.2. The van der Waals surface area contributed by atoms with Gasteiger partial charge in [-0.1, -0.05) is 13.8 Å². The maximum atomic E-state index is 13.4. The van der Waals surface area contributed by atoms with Crippen LogP contribution in [0.4, 0.5) is 5.82 Å². The number of anilines is 1. The molecular formula is C29H47N7O3S. The maximum Gasteiger partial charge on any atom is 0.258 e. The lowest BCUT2D eigenvalue weighted by Crippen LogP contribution is -2.38. The lowest BCUT2D eigenvalue weighted by Gasteiger charge is -2.31. The number of aliphatic imine (C=N–C) groups is 1. The number of nitrogens with zero attached hydrogens (tertiary/aromatic N) is 5. The Hall–Kier alpha value is -2.91. The fourth-order valence-corrected chi connectivity index (χ4v) is 6.00. The molecule has 4 rings (SSSR count). The highest BCUT2D eigenvalue weighted by molar-refractivity contribution is 7.12. The van der Waals surface area contributed by atoms with Gasteiger partial charge >= 0.3 is 0 Å². The zero-order valence-corrected chi connectivity index (χ0v) is 26.0. The number of nitrogens with two attached hydrogens (primary N) is 1. The van der Waals surface area contributed by atoms with E-state index in [1.54, 1.807) is 38.3 Å². The van der Waals surface area contributed by atoms with Crippen LogP contribution in [0.15, 0.2) is 17.3 Å². The van der Waals surface area contributed by atoms with Crippen molar-refractivity contribution in [2.24, 2.45) is 10.7 Å². The predicted molar refractivity (Wildman–Crippen MR) is 163 cm³/mol. The quantitative estimate of drug-likeness (QED) is 0.200. The van der Waals surface area contributed by atoms with Crippen molar-refractivity contribution >= 4 is 28.9 Å². The molecular weight excluding hydrogens is 526 g/mol. The molecule has 0 bridgehead atoms. The van der Waals surface area contributed by atoms with Gasteiger partial charge in [0, 0.05) is 36.5 Å². The third kappa shape index (κ3) is 8.07. The molecule has 11 heteroatoms. The highest BCUT2D eigenvalue weighted by atomic mass is 32.1. The van der Waals surface area contributed by atoms with Crippen LogP contribution in [0.1, 0.15) is 95.9 Å². The SMILES string of the molecule is CC.CC(C)(C)OO.Cc1sc2c(c1C#N)[C@@](C)(C(=O)N=C(N)c1nccc(N3CCCNC[C@@H]3C)n1)CCC2.[HH]. The summed E-state index contributed by atoms with van der Waals surface area (Å²) in [4.78, 5) is 34.7. The predicted octanol–water partition coefficient (Wildman–Crippen LogP) is 4.98. The standard InChI is InChI=1S/C23H29N7OS.C4H10O2.C2H6.H2/c1-14-13-26-9-5-11-30(14)18-7-10-27-21(28-18)20(25)29-22(31)23(3)8-4-6-17-19(23)16(12-24)15(2)32-17;1-4(2,3)6-5;1-2;/h7,10,14,26H,4-6,8-9,11,13H2,1-3H3,(H2,25,29,31);5H,1-3H3;1-2H3;1H/t14-,23-;;;/m0.../s1. The van der Waals surface area contributed by atoms with Crippen LogP contribution in [0.25, 0.3) is 0 Å². The Morgan fingerprint density at radius 2 is 2.08 bits per heavy atom. The van der Waals surface area contributed by atoms with Crippen LogP contribution >= 0.6 is 11.3 Å². The molecule has 40 heavy (non-hydrogen) atoms. The summed E-state index contributed by atoms with van der Waals surface area (Å²) in [7, 11) is 0. The van der Waals surface area contributed by atoms with Gasteiger partial charge in [0.25, 0.3) is 5.91 Å². The van der Waals surface area contributed by atoms with Gasteiger partial charge in [-0.2, -0.15) is 10.3 Å². The molecule has 0 spiro atoms. The van der Waals surface area contributed by atoms with Gasteiger partial charge in [0.15, 0.2) is 11.7 Å². The van der Waals surface area contributed by atoms with Crippen molar-refractivity contribution in [1.29, 1.82) is 5.26 Å². The molecule has 0 unspecified atom stereocenters. The number of carbonyl (C=O) groups is 1. The number of rotatable bonds is 3. The number of carbonyl (C=O) groups excluding carboxylic acids is 1. The molecule has 0 radical (unpaired) electrons. The van der Waals surface area contributed by atoms with E-state index in [1.807, 2.05) is 33.8 Å². The van der Waals surface area contributed by atoms with E-state index in [-0.39, 0.29) is 25.0 Å². The first-order chi connectivity index (χ1) is 18.9. The smallest absolute Gasteiger partial charge is 0.258 e. The molecule has 222 valence electrons. The van der Waals surface area contributed by atoms with E-state index >= 15 is 0 Å². The number of aromatic nitrogens is 2. The molecule has 2 atom stereocenters. The molecule has 10 nitrogen and oxygen atoms in total. The third-order valence-corrected chi connectivity index (χ3v) is 7.92. The Balaban J connectivity index is 0.000000832. The van der Waals surface area contributed by atoms with E-state index in [0.717, 1.165) is 60.0 Å². The van der Waals surface area contributed by atoms with Crippen molar-refractivity contribution in [2.75, 3.05) is 24.5 Å². The summed E-state index contributed by atoms with van der Waals surface area (Å²) < 4.78 is 0. The van der Waals surface area contributed by atoms with Crippen molar-refractivity contribution < 1.29 is 16.4 Å². The monoisotopic (exact) mass is 573 g/mol. The Kier molecular flexibility index (Phi) is 12.2. The number of amides is 1. The van der Waals surface area contributed by atoms with Crippen LogP contribution in [0.2, 0.25) is 0 Å². The van der Waals surface area contributed by atoms with E-state index in [1.165, 1.54) is 0 Å². The molecule has 0 aromatic carbocycles. The summed E-state index contributed by atoms with van der Waals surface area (Å²) in [6.07, 6.45) is 5.08. The van der Waals surface area contributed by atoms with Gasteiger partial charge in [-0.3, -0.25) is 10.1 Å². The van der Waals surface area contributed by atoms with Crippen LogP contribution in [-0.4, -0.2) is 58.2 Å². The van der Waals surface area contributed by atoms with E-state index in [4.69, 9.17) is 11.0 Å². The molecule has 3 heterocycles. The molecule has 4 N–H and O–H groups in total. The van der Waals surface area contributed by atoms with Crippen LogP contribution in [0.3, 0.4) is 0 Å². The van der Waals surface area contributed by atoms with Gasteiger partial charge < -0.3 is 16.0 Å². The highest BCUT2D eigenvalue weighted by Crippen LogP contribution is 2.45. The second-order valence-electron chi connectivity index (χ2n) is 11.0. The van der Waals surface area contributed by atoms with Crippen LogP contribution < -0.4 is 16.0 Å². The van der Waals surface area contributed by atoms with Crippen LogP contribution in [0.5, 0.6) is 0 Å². The van der Waals surface area contributed by atoms with Gasteiger partial charge in [0.1, 0.15) is 11.9 Å². The van der Waals surface area contributed by atoms with Gasteiger partial charge in [-0.25, -0.2) is 14.9 Å². The Morgan fingerprint density at radius 3 is 2.70 bits per heavy atom. The van der Waals surface area contributed by atoms with Crippen LogP contribution in [-0.2, 0) is 21.5 Å². The van der Waals surface area contributed by atoms with E-state index < -0.39 is 11.0 Å². The number of aryl methyl sites for hydroxylation is 2. The molecule has 1 aliphatic heterocycles. The zero-order chi connectivity index (χ0) is 30.1. The van der Waals surface area contributed by atoms with Crippen molar-refractivity contribution in [2.45, 2.75) is 98.1 Å². The number of thiophene rings is 1. The summed E-state index contributed by atoms with van der Waals surface area (Å²) >= 11 is 1.61. The number of nitriles is 1. The molecule has 0 saturated carbocycles. The number of hydrogen-bond donors (Lipinski definition) is 3. The van der Waals surface area contributed by atoms with Crippen LogP contribution in [0, 0.1) is 18.3 Å². The lowest BCUT2D eigenvalue weighted by molar-refractivity contribution is -0.306. The average Bonchev–Trinajstić information content (AvgIpc) is 3.12. The lowest BCUT2D eigenvalue weighted by atomic mass is 9.72. The van der Waals surface area contributed by atoms with Crippen molar-refractivity contribution in [3.05, 3.63) is 39.0 Å². The molecule has 1 aliphatic carbocycles. The maximum absolute atomic E-state index is 13.4. The summed E-state index contributed by atoms with van der Waals surface area (Å²) in [6.45, 7) is 18.0. The minimum Gasteiger partial charge on any atom is -0.380 e. The normalized spacial score (nSPS) is 21.1. The Morgan fingerprint density at radius 1 is 1.40 bits per heavy atom. The first-order valence-corrected chi connectivity index (χ1v) is 14.8. The second-order valence-corrected chi connectivity index (χ2v) is 12.3. The number of hydrogen-bond acceptors (Lipinski definition) is 9. The van der Waals surface area contributed by atoms with Gasteiger partial charge in [0.2, 0.25) is 0 Å².